The highest BCUT2D eigenvalue weighted by molar-refractivity contribution is 5.94. The van der Waals surface area contributed by atoms with Crippen molar-refractivity contribution in [2.75, 3.05) is 42.9 Å². The minimum absolute atomic E-state index is 0.0425. The van der Waals surface area contributed by atoms with Crippen LogP contribution in [0.2, 0.25) is 0 Å². The zero-order valence-electron chi connectivity index (χ0n) is 20.0. The third kappa shape index (κ3) is 5.08. The normalized spacial score (nSPS) is 13.5. The smallest absolute Gasteiger partial charge is 0.269 e. The number of nitro benzene ring substituents is 1. The molecule has 4 heterocycles. The third-order valence-corrected chi connectivity index (χ3v) is 6.12. The maximum absolute atomic E-state index is 12.8. The van der Waals surface area contributed by atoms with Crippen LogP contribution in [0.4, 0.5) is 17.5 Å². The van der Waals surface area contributed by atoms with Crippen LogP contribution in [0.3, 0.4) is 0 Å². The average molecular weight is 500 g/mol. The van der Waals surface area contributed by atoms with Gasteiger partial charge < -0.3 is 19.7 Å². The van der Waals surface area contributed by atoms with Gasteiger partial charge in [-0.25, -0.2) is 4.98 Å². The number of nitro groups is 1. The molecule has 0 spiro atoms. The molecule has 1 fully saturated rings. The van der Waals surface area contributed by atoms with Crippen molar-refractivity contribution in [3.63, 3.8) is 0 Å². The predicted molar refractivity (Wildman–Crippen MR) is 139 cm³/mol. The average Bonchev–Trinajstić information content (AvgIpc) is 3.34. The second kappa shape index (κ2) is 10.4. The number of anilines is 2. The molecule has 0 atom stereocenters. The lowest BCUT2D eigenvalue weighted by atomic mass is 10.2. The molecule has 12 nitrogen and oxygen atoms in total. The molecular formula is C25H25N9O3. The van der Waals surface area contributed by atoms with Gasteiger partial charge >= 0.3 is 0 Å². The number of hydrogen-bond donors (Lipinski definition) is 1. The van der Waals surface area contributed by atoms with Crippen molar-refractivity contribution < 1.29 is 9.72 Å². The Balaban J connectivity index is 1.39. The van der Waals surface area contributed by atoms with E-state index in [1.807, 2.05) is 9.47 Å². The predicted octanol–water partition coefficient (Wildman–Crippen LogP) is 2.74. The Morgan fingerprint density at radius 3 is 2.59 bits per heavy atom. The highest BCUT2D eigenvalue weighted by Crippen LogP contribution is 2.25. The van der Waals surface area contributed by atoms with E-state index in [2.05, 4.69) is 26.8 Å². The molecule has 0 radical (unpaired) electrons. The van der Waals surface area contributed by atoms with E-state index >= 15 is 0 Å². The van der Waals surface area contributed by atoms with Gasteiger partial charge in [-0.15, -0.1) is 6.58 Å². The number of amides is 1. The first kappa shape index (κ1) is 23.9. The number of benzene rings is 1. The third-order valence-electron chi connectivity index (χ3n) is 6.12. The zero-order valence-corrected chi connectivity index (χ0v) is 20.0. The Hall–Kier alpha value is -4.87. The monoisotopic (exact) mass is 499 g/mol. The molecule has 4 aromatic rings. The second-order valence-electron chi connectivity index (χ2n) is 8.53. The summed E-state index contributed by atoms with van der Waals surface area (Å²) in [5.74, 6) is 1.09. The Morgan fingerprint density at radius 2 is 1.92 bits per heavy atom. The van der Waals surface area contributed by atoms with E-state index in [9.17, 15) is 14.9 Å². The van der Waals surface area contributed by atoms with Gasteiger partial charge in [0.1, 0.15) is 0 Å². The van der Waals surface area contributed by atoms with Crippen LogP contribution in [0.25, 0.3) is 11.2 Å². The minimum Gasteiger partial charge on any atom is -0.365 e. The van der Waals surface area contributed by atoms with Gasteiger partial charge in [-0.2, -0.15) is 9.97 Å². The topological polar surface area (TPSA) is 135 Å². The lowest BCUT2D eigenvalue weighted by Gasteiger charge is -2.34. The fourth-order valence-electron chi connectivity index (χ4n) is 4.18. The number of imidazole rings is 1. The minimum atomic E-state index is -0.419. The molecule has 0 unspecified atom stereocenters. The molecule has 0 aliphatic carbocycles. The maximum atomic E-state index is 12.8. The molecule has 3 aromatic heterocycles. The molecule has 1 aliphatic rings. The number of carbonyl (C=O) groups excluding carboxylic acids is 1. The van der Waals surface area contributed by atoms with Crippen LogP contribution >= 0.6 is 0 Å². The van der Waals surface area contributed by atoms with Crippen molar-refractivity contribution in [1.82, 2.24) is 29.4 Å². The van der Waals surface area contributed by atoms with Crippen LogP contribution in [0.5, 0.6) is 0 Å². The first-order valence-electron chi connectivity index (χ1n) is 11.8. The number of nitrogens with one attached hydrogen (secondary N) is 1. The van der Waals surface area contributed by atoms with Crippen LogP contribution < -0.4 is 10.2 Å². The summed E-state index contributed by atoms with van der Waals surface area (Å²) in [6.45, 7) is 6.94. The summed E-state index contributed by atoms with van der Waals surface area (Å²) < 4.78 is 1.89. The molecule has 188 valence electrons. The van der Waals surface area contributed by atoms with Crippen molar-refractivity contribution in [1.29, 1.82) is 0 Å². The Kier molecular flexibility index (Phi) is 6.70. The fraction of sp³-hybridized carbons (Fsp3) is 0.240. The molecule has 1 aromatic carbocycles. The molecule has 1 aliphatic heterocycles. The highest BCUT2D eigenvalue weighted by Gasteiger charge is 2.25. The van der Waals surface area contributed by atoms with Crippen LogP contribution in [-0.2, 0) is 6.54 Å². The van der Waals surface area contributed by atoms with Gasteiger partial charge in [0, 0.05) is 57.3 Å². The number of hydrogen-bond acceptors (Lipinski definition) is 9. The van der Waals surface area contributed by atoms with Crippen molar-refractivity contribution >= 4 is 34.5 Å². The number of non-ortho nitro benzene ring substituents is 1. The van der Waals surface area contributed by atoms with E-state index in [0.717, 1.165) is 5.56 Å². The molecule has 1 amide bonds. The number of rotatable bonds is 8. The molecule has 12 heteroatoms. The largest absolute Gasteiger partial charge is 0.365 e. The second-order valence-corrected chi connectivity index (χ2v) is 8.53. The van der Waals surface area contributed by atoms with Gasteiger partial charge in [0.2, 0.25) is 5.95 Å². The van der Waals surface area contributed by atoms with E-state index in [0.29, 0.717) is 67.8 Å². The quantitative estimate of drug-likeness (QED) is 0.220. The summed E-state index contributed by atoms with van der Waals surface area (Å²) in [5, 5.41) is 14.2. The molecule has 5 rings (SSSR count). The Bertz CT molecular complexity index is 1430. The molecule has 0 saturated carbocycles. The molecular weight excluding hydrogens is 474 g/mol. The first-order valence-corrected chi connectivity index (χ1v) is 11.8. The summed E-state index contributed by atoms with van der Waals surface area (Å²) in [7, 11) is 0. The maximum Gasteiger partial charge on any atom is 0.269 e. The number of nitrogens with zero attached hydrogens (tertiary/aromatic N) is 8. The van der Waals surface area contributed by atoms with Crippen molar-refractivity contribution in [2.24, 2.45) is 0 Å². The van der Waals surface area contributed by atoms with E-state index in [-0.39, 0.29) is 11.6 Å². The van der Waals surface area contributed by atoms with Gasteiger partial charge in [-0.3, -0.25) is 19.9 Å². The number of pyridine rings is 1. The van der Waals surface area contributed by atoms with Gasteiger partial charge in [-0.1, -0.05) is 18.2 Å². The highest BCUT2D eigenvalue weighted by atomic mass is 16.6. The lowest BCUT2D eigenvalue weighted by molar-refractivity contribution is -0.384. The van der Waals surface area contributed by atoms with E-state index in [1.165, 1.54) is 12.1 Å². The first-order chi connectivity index (χ1) is 18.0. The molecule has 0 bridgehead atoms. The molecule has 37 heavy (non-hydrogen) atoms. The Labute approximate surface area is 212 Å². The zero-order chi connectivity index (χ0) is 25.8. The van der Waals surface area contributed by atoms with E-state index in [4.69, 9.17) is 9.97 Å². The Morgan fingerprint density at radius 1 is 1.14 bits per heavy atom. The molecule has 1 saturated heterocycles. The molecule has 1 N–H and O–H groups in total. The standard InChI is InChI=1S/C25H25N9O3/c1-2-9-27-22-21-23(33(17-28-21)16-18-5-7-20(8-6-18)34(36)37)30-25(29-22)32-13-11-31(12-14-32)24(35)19-4-3-10-26-15-19/h2-8,10,15,17H,1,9,11-14,16H2,(H,27,29,30). The summed E-state index contributed by atoms with van der Waals surface area (Å²) in [6, 6.07) is 9.94. The van der Waals surface area contributed by atoms with Gasteiger partial charge in [0.25, 0.3) is 11.6 Å². The lowest BCUT2D eigenvalue weighted by Crippen LogP contribution is -2.49. The van der Waals surface area contributed by atoms with Crippen molar-refractivity contribution in [3.05, 3.63) is 89.0 Å². The summed E-state index contributed by atoms with van der Waals surface area (Å²) in [6.07, 6.45) is 6.65. The van der Waals surface area contributed by atoms with Crippen molar-refractivity contribution in [2.45, 2.75) is 6.54 Å². The van der Waals surface area contributed by atoms with Crippen LogP contribution in [-0.4, -0.2) is 73.0 Å². The summed E-state index contributed by atoms with van der Waals surface area (Å²) in [5.41, 5.74) is 2.76. The van der Waals surface area contributed by atoms with Gasteiger partial charge in [0.15, 0.2) is 17.0 Å². The fourth-order valence-corrected chi connectivity index (χ4v) is 4.18. The van der Waals surface area contributed by atoms with Crippen LogP contribution in [0.1, 0.15) is 15.9 Å². The van der Waals surface area contributed by atoms with Gasteiger partial charge in [-0.05, 0) is 17.7 Å². The number of piperazine rings is 1. The van der Waals surface area contributed by atoms with Crippen LogP contribution in [0.15, 0.2) is 67.8 Å². The van der Waals surface area contributed by atoms with E-state index < -0.39 is 4.92 Å². The van der Waals surface area contributed by atoms with Gasteiger partial charge in [0.05, 0.1) is 23.4 Å². The number of aromatic nitrogens is 5. The van der Waals surface area contributed by atoms with Crippen LogP contribution in [0, 0.1) is 10.1 Å². The summed E-state index contributed by atoms with van der Waals surface area (Å²) >= 11 is 0. The SMILES string of the molecule is C=CCNc1nc(N2CCN(C(=O)c3cccnc3)CC2)nc2c1ncn2Cc1ccc([N+](=O)[O-])cc1. The number of carbonyl (C=O) groups is 1. The number of fused-ring (bicyclic) bond motifs is 1. The van der Waals surface area contributed by atoms with E-state index in [1.54, 1.807) is 49.1 Å². The van der Waals surface area contributed by atoms with Crippen molar-refractivity contribution in [3.8, 4) is 0 Å². The summed E-state index contributed by atoms with van der Waals surface area (Å²) in [4.78, 5) is 45.3.